The first-order valence-electron chi connectivity index (χ1n) is 5.61. The number of rotatable bonds is 4. The summed E-state index contributed by atoms with van der Waals surface area (Å²) in [7, 11) is -3.31. The molecule has 1 aliphatic rings. The quantitative estimate of drug-likeness (QED) is 0.835. The van der Waals surface area contributed by atoms with E-state index >= 15 is 0 Å². The van der Waals surface area contributed by atoms with Crippen LogP contribution < -0.4 is 5.32 Å². The van der Waals surface area contributed by atoms with Gasteiger partial charge in [0.05, 0.1) is 4.90 Å². The predicted molar refractivity (Wildman–Crippen MR) is 66.6 cm³/mol. The van der Waals surface area contributed by atoms with Crippen molar-refractivity contribution in [2.45, 2.75) is 23.3 Å². The van der Waals surface area contributed by atoms with Gasteiger partial charge in [-0.05, 0) is 37.1 Å². The number of hydrogen-bond acceptors (Lipinski definition) is 4. The summed E-state index contributed by atoms with van der Waals surface area (Å²) >= 11 is 0. The number of aliphatic carboxylic acids is 1. The second-order valence-electron chi connectivity index (χ2n) is 4.64. The molecule has 0 unspecified atom stereocenters. The molecule has 1 aromatic rings. The van der Waals surface area contributed by atoms with Crippen LogP contribution in [0, 0.1) is 0 Å². The van der Waals surface area contributed by atoms with E-state index in [2.05, 4.69) is 5.32 Å². The summed E-state index contributed by atoms with van der Waals surface area (Å²) in [6.45, 7) is 0. The molecule has 1 saturated carbocycles. The zero-order chi connectivity index (χ0) is 14.3. The summed E-state index contributed by atoms with van der Waals surface area (Å²) in [4.78, 5) is 22.9. The van der Waals surface area contributed by atoms with E-state index in [1.54, 1.807) is 0 Å². The van der Waals surface area contributed by atoms with E-state index in [4.69, 9.17) is 5.11 Å². The average Bonchev–Trinajstić information content (AvgIpc) is 3.09. The Morgan fingerprint density at radius 3 is 2.11 bits per heavy atom. The van der Waals surface area contributed by atoms with Crippen LogP contribution in [0.25, 0.3) is 0 Å². The molecule has 2 N–H and O–H groups in total. The molecule has 0 bridgehead atoms. The lowest BCUT2D eigenvalue weighted by Gasteiger charge is -2.12. The van der Waals surface area contributed by atoms with Crippen LogP contribution in [0.5, 0.6) is 0 Å². The summed E-state index contributed by atoms with van der Waals surface area (Å²) in [5.41, 5.74) is -0.910. The Morgan fingerprint density at radius 2 is 1.74 bits per heavy atom. The van der Waals surface area contributed by atoms with E-state index < -0.39 is 27.3 Å². The molecule has 0 spiro atoms. The Kier molecular flexibility index (Phi) is 3.09. The van der Waals surface area contributed by atoms with E-state index in [1.807, 2.05) is 0 Å². The van der Waals surface area contributed by atoms with Gasteiger partial charge in [0.25, 0.3) is 5.91 Å². The van der Waals surface area contributed by atoms with Crippen molar-refractivity contribution >= 4 is 21.7 Å². The number of sulfone groups is 1. The lowest BCUT2D eigenvalue weighted by Crippen LogP contribution is -2.43. The third-order valence-corrected chi connectivity index (χ3v) is 4.19. The highest BCUT2D eigenvalue weighted by Gasteiger charge is 2.51. The van der Waals surface area contributed by atoms with Crippen molar-refractivity contribution in [1.29, 1.82) is 0 Å². The molecule has 1 aromatic carbocycles. The average molecular weight is 283 g/mol. The Hall–Kier alpha value is -1.89. The number of hydrogen-bond donors (Lipinski definition) is 2. The molecule has 1 aliphatic carbocycles. The highest BCUT2D eigenvalue weighted by Crippen LogP contribution is 2.35. The van der Waals surface area contributed by atoms with Crippen LogP contribution in [0.2, 0.25) is 0 Å². The molecule has 0 aliphatic heterocycles. The summed E-state index contributed by atoms with van der Waals surface area (Å²) in [6.07, 6.45) is 1.90. The van der Waals surface area contributed by atoms with Crippen LogP contribution in [0.15, 0.2) is 29.2 Å². The molecule has 102 valence electrons. The number of carbonyl (C=O) groups is 2. The Balaban J connectivity index is 2.15. The predicted octanol–water partition coefficient (Wildman–Crippen LogP) is 0.437. The molecule has 0 heterocycles. The maximum atomic E-state index is 11.8. The van der Waals surface area contributed by atoms with Gasteiger partial charge in [0.1, 0.15) is 5.54 Å². The van der Waals surface area contributed by atoms with Crippen LogP contribution in [0.1, 0.15) is 23.2 Å². The largest absolute Gasteiger partial charge is 0.480 e. The van der Waals surface area contributed by atoms with E-state index in [0.29, 0.717) is 12.8 Å². The SMILES string of the molecule is CS(=O)(=O)c1ccc(C(=O)NC2(C(=O)O)CC2)cc1. The summed E-state index contributed by atoms with van der Waals surface area (Å²) in [5.74, 6) is -1.56. The van der Waals surface area contributed by atoms with Crippen molar-refractivity contribution in [2.24, 2.45) is 0 Å². The molecule has 2 rings (SSSR count). The number of carboxylic acids is 1. The zero-order valence-electron chi connectivity index (χ0n) is 10.2. The van der Waals surface area contributed by atoms with Gasteiger partial charge >= 0.3 is 5.97 Å². The third kappa shape index (κ3) is 2.76. The smallest absolute Gasteiger partial charge is 0.329 e. The Labute approximate surface area is 110 Å². The molecular formula is C12H13NO5S. The van der Waals surface area contributed by atoms with E-state index in [9.17, 15) is 18.0 Å². The highest BCUT2D eigenvalue weighted by molar-refractivity contribution is 7.90. The van der Waals surface area contributed by atoms with Gasteiger partial charge in [0, 0.05) is 11.8 Å². The van der Waals surface area contributed by atoms with Gasteiger partial charge < -0.3 is 10.4 Å². The highest BCUT2D eigenvalue weighted by atomic mass is 32.2. The van der Waals surface area contributed by atoms with Crippen molar-refractivity contribution in [2.75, 3.05) is 6.26 Å². The van der Waals surface area contributed by atoms with Gasteiger partial charge in [-0.15, -0.1) is 0 Å². The standard InChI is InChI=1S/C12H13NO5S/c1-19(17,18)9-4-2-8(3-5-9)10(14)13-12(6-7-12)11(15)16/h2-5H,6-7H2,1H3,(H,13,14)(H,15,16). The minimum Gasteiger partial charge on any atom is -0.480 e. The van der Waals surface area contributed by atoms with Gasteiger partial charge in [-0.1, -0.05) is 0 Å². The minimum absolute atomic E-state index is 0.114. The van der Waals surface area contributed by atoms with Gasteiger partial charge in [0.15, 0.2) is 9.84 Å². The second-order valence-corrected chi connectivity index (χ2v) is 6.65. The topological polar surface area (TPSA) is 101 Å². The molecule has 7 heteroatoms. The third-order valence-electron chi connectivity index (χ3n) is 3.06. The molecule has 0 aromatic heterocycles. The summed E-state index contributed by atoms with van der Waals surface area (Å²) in [6, 6.07) is 5.38. The van der Waals surface area contributed by atoms with Crippen molar-refractivity contribution in [3.8, 4) is 0 Å². The zero-order valence-corrected chi connectivity index (χ0v) is 11.0. The number of carbonyl (C=O) groups excluding carboxylic acids is 1. The second kappa shape index (κ2) is 4.34. The lowest BCUT2D eigenvalue weighted by molar-refractivity contribution is -0.140. The lowest BCUT2D eigenvalue weighted by atomic mass is 10.2. The first-order valence-corrected chi connectivity index (χ1v) is 7.50. The molecule has 1 amide bonds. The first-order chi connectivity index (χ1) is 8.74. The fraction of sp³-hybridized carbons (Fsp3) is 0.333. The van der Waals surface area contributed by atoms with Crippen molar-refractivity contribution < 1.29 is 23.1 Å². The van der Waals surface area contributed by atoms with E-state index in [0.717, 1.165) is 6.26 Å². The Morgan fingerprint density at radius 1 is 1.21 bits per heavy atom. The van der Waals surface area contributed by atoms with Crippen LogP contribution in [0.4, 0.5) is 0 Å². The minimum atomic E-state index is -3.31. The maximum absolute atomic E-state index is 11.8. The van der Waals surface area contributed by atoms with Crippen LogP contribution in [-0.2, 0) is 14.6 Å². The number of nitrogens with one attached hydrogen (secondary N) is 1. The van der Waals surface area contributed by atoms with Crippen molar-refractivity contribution in [1.82, 2.24) is 5.32 Å². The van der Waals surface area contributed by atoms with Gasteiger partial charge in [0.2, 0.25) is 0 Å². The molecule has 19 heavy (non-hydrogen) atoms. The molecule has 0 radical (unpaired) electrons. The number of carboxylic acid groups (broad SMARTS) is 1. The number of amides is 1. The molecule has 0 saturated heterocycles. The van der Waals surface area contributed by atoms with Crippen molar-refractivity contribution in [3.05, 3.63) is 29.8 Å². The van der Waals surface area contributed by atoms with E-state index in [1.165, 1.54) is 24.3 Å². The van der Waals surface area contributed by atoms with Gasteiger partial charge in [-0.2, -0.15) is 0 Å². The monoisotopic (exact) mass is 283 g/mol. The molecular weight excluding hydrogens is 270 g/mol. The van der Waals surface area contributed by atoms with E-state index in [-0.39, 0.29) is 10.5 Å². The summed E-state index contributed by atoms with van der Waals surface area (Å²) < 4.78 is 22.5. The molecule has 0 atom stereocenters. The van der Waals surface area contributed by atoms with Crippen molar-refractivity contribution in [3.63, 3.8) is 0 Å². The van der Waals surface area contributed by atoms with Crippen LogP contribution >= 0.6 is 0 Å². The Bertz CT molecular complexity index is 629. The normalized spacial score (nSPS) is 16.7. The molecule has 1 fully saturated rings. The first kappa shape index (κ1) is 13.5. The summed E-state index contributed by atoms with van der Waals surface area (Å²) in [5, 5.41) is 11.4. The van der Waals surface area contributed by atoms with Crippen LogP contribution in [-0.4, -0.2) is 37.2 Å². The van der Waals surface area contributed by atoms with Gasteiger partial charge in [-0.25, -0.2) is 13.2 Å². The van der Waals surface area contributed by atoms with Gasteiger partial charge in [-0.3, -0.25) is 4.79 Å². The molecule has 6 nitrogen and oxygen atoms in total. The fourth-order valence-electron chi connectivity index (χ4n) is 1.66. The number of benzene rings is 1. The van der Waals surface area contributed by atoms with Crippen LogP contribution in [0.3, 0.4) is 0 Å². The fourth-order valence-corrected chi connectivity index (χ4v) is 2.29. The maximum Gasteiger partial charge on any atom is 0.329 e.